The monoisotopic (exact) mass is 297 g/mol. The van der Waals surface area contributed by atoms with Crippen molar-refractivity contribution in [1.82, 2.24) is 9.97 Å². The van der Waals surface area contributed by atoms with Crippen LogP contribution in [0, 0.1) is 0 Å². The summed E-state index contributed by atoms with van der Waals surface area (Å²) in [5.74, 6) is 1.59. The van der Waals surface area contributed by atoms with E-state index in [0.717, 1.165) is 43.7 Å². The Morgan fingerprint density at radius 2 is 1.91 bits per heavy atom. The molecule has 0 aliphatic heterocycles. The molecule has 0 unspecified atom stereocenters. The lowest BCUT2D eigenvalue weighted by Gasteiger charge is -2.32. The Morgan fingerprint density at radius 1 is 1.14 bits per heavy atom. The van der Waals surface area contributed by atoms with Gasteiger partial charge in [-0.1, -0.05) is 30.3 Å². The number of nitrogens with two attached hydrogens (primary N) is 2. The molecule has 1 heterocycles. The van der Waals surface area contributed by atoms with E-state index in [1.165, 1.54) is 5.56 Å². The summed E-state index contributed by atoms with van der Waals surface area (Å²) >= 11 is 0. The van der Waals surface area contributed by atoms with Gasteiger partial charge in [0.15, 0.2) is 0 Å². The molecule has 5 heteroatoms. The Bertz CT molecular complexity index is 608. The molecule has 3 rings (SSSR count). The summed E-state index contributed by atoms with van der Waals surface area (Å²) < 4.78 is 0. The molecule has 2 aromatic rings. The van der Waals surface area contributed by atoms with Crippen molar-refractivity contribution in [2.45, 2.75) is 37.6 Å². The number of nitrogens with zero attached hydrogens (tertiary/aromatic N) is 2. The average Bonchev–Trinajstić information content (AvgIpc) is 2.49. The van der Waals surface area contributed by atoms with Gasteiger partial charge in [-0.3, -0.25) is 0 Å². The number of anilines is 2. The standard InChI is InChI=1S/C17H23N5/c18-14-9-13(10-14)15-11-16(22-17(19)21-15)20-8-4-7-12-5-2-1-3-6-12/h1-3,5-6,11,13-14H,4,7-10,18H2,(H3,19,20,21,22). The van der Waals surface area contributed by atoms with E-state index in [0.29, 0.717) is 17.9 Å². The molecule has 1 aromatic heterocycles. The van der Waals surface area contributed by atoms with E-state index in [1.54, 1.807) is 0 Å². The number of aryl methyl sites for hydroxylation is 1. The number of nitrogen functional groups attached to an aromatic ring is 1. The molecule has 0 amide bonds. The van der Waals surface area contributed by atoms with Crippen LogP contribution >= 0.6 is 0 Å². The van der Waals surface area contributed by atoms with Gasteiger partial charge in [0.25, 0.3) is 0 Å². The third kappa shape index (κ3) is 3.74. The minimum Gasteiger partial charge on any atom is -0.370 e. The van der Waals surface area contributed by atoms with Crippen LogP contribution in [-0.4, -0.2) is 22.6 Å². The average molecular weight is 297 g/mol. The highest BCUT2D eigenvalue weighted by molar-refractivity contribution is 5.42. The van der Waals surface area contributed by atoms with Crippen molar-refractivity contribution < 1.29 is 0 Å². The van der Waals surface area contributed by atoms with Crippen LogP contribution in [0.1, 0.15) is 36.4 Å². The lowest BCUT2D eigenvalue weighted by atomic mass is 9.78. The number of nitrogens with one attached hydrogen (secondary N) is 1. The van der Waals surface area contributed by atoms with Crippen molar-refractivity contribution in [3.05, 3.63) is 47.7 Å². The molecule has 0 bridgehead atoms. The van der Waals surface area contributed by atoms with Crippen LogP contribution in [0.2, 0.25) is 0 Å². The van der Waals surface area contributed by atoms with Crippen molar-refractivity contribution >= 4 is 11.8 Å². The normalized spacial score (nSPS) is 20.4. The number of hydrogen-bond acceptors (Lipinski definition) is 5. The predicted molar refractivity (Wildman–Crippen MR) is 89.6 cm³/mol. The maximum Gasteiger partial charge on any atom is 0.222 e. The first-order valence-electron chi connectivity index (χ1n) is 7.88. The van der Waals surface area contributed by atoms with Gasteiger partial charge in [0.2, 0.25) is 5.95 Å². The van der Waals surface area contributed by atoms with Gasteiger partial charge in [0.1, 0.15) is 5.82 Å². The van der Waals surface area contributed by atoms with Crippen molar-refractivity contribution in [3.63, 3.8) is 0 Å². The molecule has 116 valence electrons. The van der Waals surface area contributed by atoms with E-state index < -0.39 is 0 Å². The second kappa shape index (κ2) is 6.75. The minimum absolute atomic E-state index is 0.309. The van der Waals surface area contributed by atoms with Gasteiger partial charge >= 0.3 is 0 Å². The fourth-order valence-corrected chi connectivity index (χ4v) is 2.84. The zero-order valence-electron chi connectivity index (χ0n) is 12.7. The molecular weight excluding hydrogens is 274 g/mol. The van der Waals surface area contributed by atoms with Crippen LogP contribution in [0.4, 0.5) is 11.8 Å². The molecular formula is C17H23N5. The Kier molecular flexibility index (Phi) is 4.53. The first-order valence-corrected chi connectivity index (χ1v) is 7.88. The largest absolute Gasteiger partial charge is 0.370 e. The molecule has 5 N–H and O–H groups in total. The number of rotatable bonds is 6. The molecule has 22 heavy (non-hydrogen) atoms. The summed E-state index contributed by atoms with van der Waals surface area (Å²) in [6.07, 6.45) is 4.09. The van der Waals surface area contributed by atoms with E-state index in [4.69, 9.17) is 11.5 Å². The van der Waals surface area contributed by atoms with E-state index in [-0.39, 0.29) is 0 Å². The lowest BCUT2D eigenvalue weighted by Crippen LogP contribution is -2.35. The second-order valence-electron chi connectivity index (χ2n) is 5.98. The van der Waals surface area contributed by atoms with Crippen LogP contribution < -0.4 is 16.8 Å². The van der Waals surface area contributed by atoms with Crippen molar-refractivity contribution in [3.8, 4) is 0 Å². The fraction of sp³-hybridized carbons (Fsp3) is 0.412. The number of aromatic nitrogens is 2. The third-order valence-electron chi connectivity index (χ3n) is 4.15. The van der Waals surface area contributed by atoms with E-state index >= 15 is 0 Å². The zero-order chi connectivity index (χ0) is 15.4. The van der Waals surface area contributed by atoms with Crippen LogP contribution in [0.25, 0.3) is 0 Å². The van der Waals surface area contributed by atoms with Gasteiger partial charge in [0, 0.05) is 24.6 Å². The van der Waals surface area contributed by atoms with Gasteiger partial charge in [-0.2, -0.15) is 4.98 Å². The quantitative estimate of drug-likeness (QED) is 0.712. The lowest BCUT2D eigenvalue weighted by molar-refractivity contribution is 0.345. The van der Waals surface area contributed by atoms with Crippen molar-refractivity contribution in [1.29, 1.82) is 0 Å². The highest BCUT2D eigenvalue weighted by Crippen LogP contribution is 2.35. The molecule has 1 fully saturated rings. The van der Waals surface area contributed by atoms with Gasteiger partial charge in [-0.25, -0.2) is 4.98 Å². The predicted octanol–water partition coefficient (Wildman–Crippen LogP) is 2.31. The Labute approximate surface area is 131 Å². The van der Waals surface area contributed by atoms with Crippen LogP contribution in [0.15, 0.2) is 36.4 Å². The molecule has 1 aliphatic carbocycles. The number of hydrogen-bond donors (Lipinski definition) is 3. The smallest absolute Gasteiger partial charge is 0.222 e. The van der Waals surface area contributed by atoms with E-state index in [1.807, 2.05) is 12.1 Å². The van der Waals surface area contributed by atoms with E-state index in [2.05, 4.69) is 39.6 Å². The summed E-state index contributed by atoms with van der Waals surface area (Å²) in [7, 11) is 0. The van der Waals surface area contributed by atoms with Gasteiger partial charge < -0.3 is 16.8 Å². The maximum absolute atomic E-state index is 5.85. The molecule has 0 atom stereocenters. The molecule has 1 saturated carbocycles. The first-order chi connectivity index (χ1) is 10.7. The second-order valence-corrected chi connectivity index (χ2v) is 5.98. The fourth-order valence-electron chi connectivity index (χ4n) is 2.84. The minimum atomic E-state index is 0.309. The Morgan fingerprint density at radius 3 is 2.64 bits per heavy atom. The first kappa shape index (κ1) is 14.8. The topological polar surface area (TPSA) is 89.8 Å². The molecule has 0 radical (unpaired) electrons. The summed E-state index contributed by atoms with van der Waals surface area (Å²) in [6.45, 7) is 0.870. The molecule has 5 nitrogen and oxygen atoms in total. The van der Waals surface area contributed by atoms with Crippen LogP contribution in [-0.2, 0) is 6.42 Å². The SMILES string of the molecule is Nc1nc(NCCCc2ccccc2)cc(C2CC(N)C2)n1. The summed E-state index contributed by atoms with van der Waals surface area (Å²) in [4.78, 5) is 8.60. The van der Waals surface area contributed by atoms with Crippen molar-refractivity contribution in [2.24, 2.45) is 5.73 Å². The summed E-state index contributed by atoms with van der Waals surface area (Å²) in [5, 5.41) is 3.35. The van der Waals surface area contributed by atoms with E-state index in [9.17, 15) is 0 Å². The summed E-state index contributed by atoms with van der Waals surface area (Å²) in [5.41, 5.74) is 14.0. The molecule has 0 spiro atoms. The molecule has 0 saturated heterocycles. The zero-order valence-corrected chi connectivity index (χ0v) is 12.7. The highest BCUT2D eigenvalue weighted by Gasteiger charge is 2.28. The highest BCUT2D eigenvalue weighted by atomic mass is 15.1. The molecule has 1 aliphatic rings. The summed E-state index contributed by atoms with van der Waals surface area (Å²) in [6, 6.07) is 12.8. The third-order valence-corrected chi connectivity index (χ3v) is 4.15. The molecule has 1 aromatic carbocycles. The number of benzene rings is 1. The van der Waals surface area contributed by atoms with Gasteiger partial charge in [-0.15, -0.1) is 0 Å². The Hall–Kier alpha value is -2.14. The van der Waals surface area contributed by atoms with Crippen LogP contribution in [0.5, 0.6) is 0 Å². The van der Waals surface area contributed by atoms with Crippen LogP contribution in [0.3, 0.4) is 0 Å². The van der Waals surface area contributed by atoms with Gasteiger partial charge in [0.05, 0.1) is 5.69 Å². The Balaban J connectivity index is 1.52. The maximum atomic E-state index is 5.85. The van der Waals surface area contributed by atoms with Gasteiger partial charge in [-0.05, 0) is 31.2 Å². The van der Waals surface area contributed by atoms with Crippen molar-refractivity contribution in [2.75, 3.05) is 17.6 Å².